The van der Waals surface area contributed by atoms with Crippen LogP contribution in [-0.2, 0) is 0 Å². The molecule has 0 bridgehead atoms. The van der Waals surface area contributed by atoms with E-state index in [1.807, 2.05) is 0 Å². The lowest BCUT2D eigenvalue weighted by Crippen LogP contribution is -2.46. The first kappa shape index (κ1) is 10.2. The van der Waals surface area contributed by atoms with Gasteiger partial charge in [-0.15, -0.1) is 0 Å². The number of rotatable bonds is 2. The molecule has 2 atom stereocenters. The molecule has 15 heavy (non-hydrogen) atoms. The highest BCUT2D eigenvalue weighted by Gasteiger charge is 2.20. The molecule has 1 aliphatic heterocycles. The third-order valence-corrected chi connectivity index (χ3v) is 2.77. The molecule has 2 unspecified atom stereocenters. The van der Waals surface area contributed by atoms with E-state index >= 15 is 0 Å². The summed E-state index contributed by atoms with van der Waals surface area (Å²) in [7, 11) is 0. The van der Waals surface area contributed by atoms with Gasteiger partial charge < -0.3 is 15.6 Å². The normalized spacial score (nSPS) is 26.2. The fourth-order valence-electron chi connectivity index (χ4n) is 1.88. The summed E-state index contributed by atoms with van der Waals surface area (Å²) in [4.78, 5) is 17.6. The van der Waals surface area contributed by atoms with Gasteiger partial charge in [0.2, 0.25) is 0 Å². The summed E-state index contributed by atoms with van der Waals surface area (Å²) in [6.07, 6.45) is 3.69. The average molecular weight is 208 g/mol. The Bertz CT molecular complexity index is 376. The van der Waals surface area contributed by atoms with Crippen LogP contribution in [0, 0.1) is 0 Å². The quantitative estimate of drug-likeness (QED) is 0.654. The fraction of sp³-hybridized carbons (Fsp3) is 0.600. The number of hydrogen-bond acceptors (Lipinski definition) is 4. The van der Waals surface area contributed by atoms with Crippen LogP contribution in [0.15, 0.2) is 17.2 Å². The molecular formula is C10H16N4O. The van der Waals surface area contributed by atoms with Crippen molar-refractivity contribution >= 4 is 5.82 Å². The molecule has 0 amide bonds. The molecule has 1 aromatic heterocycles. The molecule has 2 heterocycles. The van der Waals surface area contributed by atoms with Crippen molar-refractivity contribution in [2.45, 2.75) is 31.8 Å². The van der Waals surface area contributed by atoms with E-state index in [0.717, 1.165) is 19.4 Å². The second-order valence-electron chi connectivity index (χ2n) is 3.93. The molecular weight excluding hydrogens is 192 g/mol. The highest BCUT2D eigenvalue weighted by molar-refractivity contribution is 5.33. The van der Waals surface area contributed by atoms with Crippen molar-refractivity contribution in [1.29, 1.82) is 0 Å². The van der Waals surface area contributed by atoms with Crippen LogP contribution in [0.3, 0.4) is 0 Å². The summed E-state index contributed by atoms with van der Waals surface area (Å²) in [5.74, 6) is 0.652. The predicted octanol–water partition coefficient (Wildman–Crippen LogP) is 0.322. The van der Waals surface area contributed by atoms with Crippen LogP contribution < -0.4 is 16.2 Å². The number of nitrogens with zero attached hydrogens (tertiary/aromatic N) is 1. The Morgan fingerprint density at radius 3 is 3.20 bits per heavy atom. The van der Waals surface area contributed by atoms with Crippen molar-refractivity contribution < 1.29 is 0 Å². The lowest BCUT2D eigenvalue weighted by molar-refractivity contribution is 0.388. The summed E-state index contributed by atoms with van der Waals surface area (Å²) < 4.78 is 0. The molecule has 0 radical (unpaired) electrons. The molecule has 5 heteroatoms. The predicted molar refractivity (Wildman–Crippen MR) is 59.0 cm³/mol. The molecule has 1 aromatic rings. The topological polar surface area (TPSA) is 69.8 Å². The van der Waals surface area contributed by atoms with E-state index in [9.17, 15) is 4.79 Å². The van der Waals surface area contributed by atoms with Gasteiger partial charge in [0.15, 0.2) is 0 Å². The van der Waals surface area contributed by atoms with E-state index < -0.39 is 0 Å². The summed E-state index contributed by atoms with van der Waals surface area (Å²) in [6, 6.07) is 2.26. The Balaban J connectivity index is 2.04. The largest absolute Gasteiger partial charge is 0.366 e. The lowest BCUT2D eigenvalue weighted by atomic mass is 10.00. The molecule has 2 rings (SSSR count). The molecule has 0 saturated carbocycles. The van der Waals surface area contributed by atoms with Crippen molar-refractivity contribution in [2.75, 3.05) is 11.9 Å². The maximum Gasteiger partial charge on any atom is 0.252 e. The number of hydrogen-bond donors (Lipinski definition) is 3. The number of aromatic amines is 1. The second kappa shape index (κ2) is 4.44. The standard InChI is InChI=1S/C10H16N4O/c1-7-8(3-2-4-11-7)14-9-5-10(15)13-6-12-9/h5-8,11H,2-4H2,1H3,(H2,12,13,14,15). The molecule has 82 valence electrons. The Morgan fingerprint density at radius 1 is 1.60 bits per heavy atom. The number of aromatic nitrogens is 2. The minimum absolute atomic E-state index is 0.121. The minimum Gasteiger partial charge on any atom is -0.366 e. The Labute approximate surface area is 88.3 Å². The van der Waals surface area contributed by atoms with Gasteiger partial charge in [-0.2, -0.15) is 0 Å². The lowest BCUT2D eigenvalue weighted by Gasteiger charge is -2.30. The molecule has 3 N–H and O–H groups in total. The Morgan fingerprint density at radius 2 is 2.47 bits per heavy atom. The van der Waals surface area contributed by atoms with Gasteiger partial charge >= 0.3 is 0 Å². The van der Waals surface area contributed by atoms with E-state index in [1.165, 1.54) is 12.4 Å². The van der Waals surface area contributed by atoms with Crippen LogP contribution in [0.2, 0.25) is 0 Å². The molecule has 1 fully saturated rings. The van der Waals surface area contributed by atoms with Crippen LogP contribution in [0.1, 0.15) is 19.8 Å². The van der Waals surface area contributed by atoms with Crippen LogP contribution in [0.5, 0.6) is 0 Å². The summed E-state index contributed by atoms with van der Waals surface area (Å²) in [5.41, 5.74) is -0.121. The first-order valence-electron chi connectivity index (χ1n) is 5.30. The fourth-order valence-corrected chi connectivity index (χ4v) is 1.88. The molecule has 0 spiro atoms. The first-order valence-corrected chi connectivity index (χ1v) is 5.30. The smallest absolute Gasteiger partial charge is 0.252 e. The second-order valence-corrected chi connectivity index (χ2v) is 3.93. The third-order valence-electron chi connectivity index (χ3n) is 2.77. The van der Waals surface area contributed by atoms with Gasteiger partial charge in [-0.25, -0.2) is 4.98 Å². The summed E-state index contributed by atoms with van der Waals surface area (Å²) >= 11 is 0. The highest BCUT2D eigenvalue weighted by atomic mass is 16.1. The number of piperidine rings is 1. The van der Waals surface area contributed by atoms with E-state index in [2.05, 4.69) is 27.5 Å². The van der Waals surface area contributed by atoms with Crippen molar-refractivity contribution in [3.63, 3.8) is 0 Å². The average Bonchev–Trinajstić information content (AvgIpc) is 2.22. The van der Waals surface area contributed by atoms with E-state index in [0.29, 0.717) is 17.9 Å². The monoisotopic (exact) mass is 208 g/mol. The van der Waals surface area contributed by atoms with Gasteiger partial charge in [-0.3, -0.25) is 4.79 Å². The van der Waals surface area contributed by atoms with E-state index in [4.69, 9.17) is 0 Å². The third kappa shape index (κ3) is 2.56. The zero-order valence-corrected chi connectivity index (χ0v) is 8.79. The van der Waals surface area contributed by atoms with Crippen molar-refractivity contribution in [3.05, 3.63) is 22.7 Å². The summed E-state index contributed by atoms with van der Waals surface area (Å²) in [6.45, 7) is 3.21. The molecule has 0 aliphatic carbocycles. The Kier molecular flexibility index (Phi) is 3.01. The Hall–Kier alpha value is -1.36. The van der Waals surface area contributed by atoms with Gasteiger partial charge in [0, 0.05) is 18.2 Å². The molecule has 1 aliphatic rings. The van der Waals surface area contributed by atoms with Gasteiger partial charge in [0.1, 0.15) is 5.82 Å². The van der Waals surface area contributed by atoms with Crippen LogP contribution in [-0.4, -0.2) is 28.6 Å². The van der Waals surface area contributed by atoms with Crippen LogP contribution in [0.4, 0.5) is 5.82 Å². The van der Waals surface area contributed by atoms with Gasteiger partial charge in [-0.05, 0) is 26.3 Å². The number of H-pyrrole nitrogens is 1. The highest BCUT2D eigenvalue weighted by Crippen LogP contribution is 2.12. The van der Waals surface area contributed by atoms with Crippen LogP contribution in [0.25, 0.3) is 0 Å². The van der Waals surface area contributed by atoms with Crippen molar-refractivity contribution in [2.24, 2.45) is 0 Å². The molecule has 5 nitrogen and oxygen atoms in total. The van der Waals surface area contributed by atoms with Crippen molar-refractivity contribution in [1.82, 2.24) is 15.3 Å². The van der Waals surface area contributed by atoms with E-state index in [1.54, 1.807) is 0 Å². The molecule has 0 aromatic carbocycles. The van der Waals surface area contributed by atoms with Gasteiger partial charge in [0.25, 0.3) is 5.56 Å². The maximum absolute atomic E-state index is 11.1. The van der Waals surface area contributed by atoms with Crippen molar-refractivity contribution in [3.8, 4) is 0 Å². The minimum atomic E-state index is -0.121. The maximum atomic E-state index is 11.1. The zero-order valence-electron chi connectivity index (χ0n) is 8.79. The zero-order chi connectivity index (χ0) is 10.7. The van der Waals surface area contributed by atoms with Gasteiger partial charge in [-0.1, -0.05) is 0 Å². The SMILES string of the molecule is CC1NCCCC1Nc1cc(=O)[nH]cn1. The van der Waals surface area contributed by atoms with Crippen LogP contribution >= 0.6 is 0 Å². The summed E-state index contributed by atoms with van der Waals surface area (Å²) in [5, 5.41) is 6.67. The van der Waals surface area contributed by atoms with Gasteiger partial charge in [0.05, 0.1) is 6.33 Å². The molecule has 1 saturated heterocycles. The first-order chi connectivity index (χ1) is 7.25. The number of anilines is 1. The van der Waals surface area contributed by atoms with E-state index in [-0.39, 0.29) is 5.56 Å². The number of nitrogens with one attached hydrogen (secondary N) is 3.